The first-order valence-corrected chi connectivity index (χ1v) is 7.26. The van der Waals surface area contributed by atoms with Gasteiger partial charge >= 0.3 is 0 Å². The molecule has 0 radical (unpaired) electrons. The Morgan fingerprint density at radius 2 is 1.86 bits per heavy atom. The first-order chi connectivity index (χ1) is 9.81. The second-order valence-electron chi connectivity index (χ2n) is 5.53. The number of benzene rings is 2. The molecule has 3 nitrogen and oxygen atoms in total. The van der Waals surface area contributed by atoms with Crippen molar-refractivity contribution in [3.63, 3.8) is 0 Å². The number of carbonyl (C=O) groups excluding carboxylic acids is 1. The maximum atomic E-state index is 11.7. The molecule has 2 aromatic rings. The van der Waals surface area contributed by atoms with E-state index in [-0.39, 0.29) is 18.3 Å². The molecule has 0 heterocycles. The van der Waals surface area contributed by atoms with Crippen LogP contribution in [0.15, 0.2) is 42.5 Å². The van der Waals surface area contributed by atoms with Gasteiger partial charge in [0, 0.05) is 6.54 Å². The molecule has 1 aliphatic carbocycles. The van der Waals surface area contributed by atoms with Gasteiger partial charge in [-0.25, -0.2) is 0 Å². The summed E-state index contributed by atoms with van der Waals surface area (Å²) in [7, 11) is 0. The molecule has 2 N–H and O–H groups in total. The van der Waals surface area contributed by atoms with Gasteiger partial charge in [0.05, 0.1) is 6.54 Å². The van der Waals surface area contributed by atoms with E-state index in [2.05, 4.69) is 41.0 Å². The molecule has 1 saturated carbocycles. The zero-order valence-electron chi connectivity index (χ0n) is 12.0. The average Bonchev–Trinajstić information content (AvgIpc) is 3.29. The molecule has 4 heteroatoms. The third-order valence-corrected chi connectivity index (χ3v) is 3.72. The van der Waals surface area contributed by atoms with Crippen LogP contribution in [0.4, 0.5) is 0 Å². The van der Waals surface area contributed by atoms with Gasteiger partial charge < -0.3 is 10.6 Å². The molecule has 0 atom stereocenters. The Bertz CT molecular complexity index is 611. The van der Waals surface area contributed by atoms with Gasteiger partial charge in [-0.05, 0) is 47.7 Å². The number of fused-ring (bicyclic) bond motifs is 1. The Morgan fingerprint density at radius 1 is 1.10 bits per heavy atom. The summed E-state index contributed by atoms with van der Waals surface area (Å²) in [6.45, 7) is 1.99. The lowest BCUT2D eigenvalue weighted by Gasteiger charge is -2.07. The lowest BCUT2D eigenvalue weighted by molar-refractivity contribution is -0.120. The fourth-order valence-electron chi connectivity index (χ4n) is 2.32. The average molecular weight is 305 g/mol. The van der Waals surface area contributed by atoms with Crippen LogP contribution >= 0.6 is 12.4 Å². The summed E-state index contributed by atoms with van der Waals surface area (Å²) in [6, 6.07) is 14.6. The van der Waals surface area contributed by atoms with E-state index in [0.29, 0.717) is 13.1 Å². The number of halogens is 1. The quantitative estimate of drug-likeness (QED) is 0.861. The summed E-state index contributed by atoms with van der Waals surface area (Å²) < 4.78 is 0. The monoisotopic (exact) mass is 304 g/mol. The van der Waals surface area contributed by atoms with Gasteiger partial charge in [-0.1, -0.05) is 36.4 Å². The van der Waals surface area contributed by atoms with Crippen molar-refractivity contribution in [2.24, 2.45) is 5.92 Å². The van der Waals surface area contributed by atoms with Crippen molar-refractivity contribution in [2.75, 3.05) is 13.1 Å². The lowest BCUT2D eigenvalue weighted by Crippen LogP contribution is -2.34. The number of carbonyl (C=O) groups is 1. The van der Waals surface area contributed by atoms with Gasteiger partial charge in [-0.2, -0.15) is 0 Å². The lowest BCUT2D eigenvalue weighted by atomic mass is 10.1. The van der Waals surface area contributed by atoms with Crippen molar-refractivity contribution in [3.8, 4) is 0 Å². The fourth-order valence-corrected chi connectivity index (χ4v) is 2.32. The summed E-state index contributed by atoms with van der Waals surface area (Å²) in [5.41, 5.74) is 1.14. The first-order valence-electron chi connectivity index (χ1n) is 7.26. The standard InChI is InChI=1S/C17H20N2O.ClH/c20-17(12-18-10-13-5-6-13)19-11-14-7-8-15-3-1-2-4-16(15)9-14;/h1-4,7-9,13,18H,5-6,10-12H2,(H,19,20);1H. The van der Waals surface area contributed by atoms with Crippen LogP contribution in [0.3, 0.4) is 0 Å². The van der Waals surface area contributed by atoms with Crippen molar-refractivity contribution in [3.05, 3.63) is 48.0 Å². The van der Waals surface area contributed by atoms with Gasteiger partial charge in [0.1, 0.15) is 0 Å². The third-order valence-electron chi connectivity index (χ3n) is 3.72. The van der Waals surface area contributed by atoms with Crippen LogP contribution in [0.2, 0.25) is 0 Å². The van der Waals surface area contributed by atoms with E-state index in [4.69, 9.17) is 0 Å². The molecule has 21 heavy (non-hydrogen) atoms. The smallest absolute Gasteiger partial charge is 0.234 e. The normalized spacial score (nSPS) is 13.7. The Hall–Kier alpha value is -1.58. The minimum atomic E-state index is 0. The maximum absolute atomic E-state index is 11.7. The van der Waals surface area contributed by atoms with Crippen LogP contribution in [0, 0.1) is 5.92 Å². The van der Waals surface area contributed by atoms with Crippen molar-refractivity contribution < 1.29 is 4.79 Å². The van der Waals surface area contributed by atoms with E-state index in [1.807, 2.05) is 12.1 Å². The van der Waals surface area contributed by atoms with Crippen LogP contribution < -0.4 is 10.6 Å². The highest BCUT2D eigenvalue weighted by Gasteiger charge is 2.20. The molecule has 1 aliphatic rings. The highest BCUT2D eigenvalue weighted by atomic mass is 35.5. The minimum absolute atomic E-state index is 0. The molecule has 0 unspecified atom stereocenters. The molecule has 0 saturated heterocycles. The summed E-state index contributed by atoms with van der Waals surface area (Å²) in [4.78, 5) is 11.7. The van der Waals surface area contributed by atoms with E-state index in [1.165, 1.54) is 23.6 Å². The molecule has 1 fully saturated rings. The van der Waals surface area contributed by atoms with Crippen LogP contribution in [-0.2, 0) is 11.3 Å². The molecule has 0 spiro atoms. The zero-order valence-corrected chi connectivity index (χ0v) is 12.8. The molecule has 1 amide bonds. The SMILES string of the molecule is Cl.O=C(CNCC1CC1)NCc1ccc2ccccc2c1. The minimum Gasteiger partial charge on any atom is -0.351 e. The van der Waals surface area contributed by atoms with Gasteiger partial charge in [0.15, 0.2) is 0 Å². The number of hydrogen-bond acceptors (Lipinski definition) is 2. The van der Waals surface area contributed by atoms with E-state index >= 15 is 0 Å². The fraction of sp³-hybridized carbons (Fsp3) is 0.353. The van der Waals surface area contributed by atoms with Gasteiger partial charge in [0.25, 0.3) is 0 Å². The second kappa shape index (κ2) is 7.43. The Morgan fingerprint density at radius 3 is 2.62 bits per heavy atom. The van der Waals surface area contributed by atoms with Crippen LogP contribution in [0.1, 0.15) is 18.4 Å². The van der Waals surface area contributed by atoms with Crippen LogP contribution in [0.25, 0.3) is 10.8 Å². The van der Waals surface area contributed by atoms with Gasteiger partial charge in [-0.3, -0.25) is 4.79 Å². The first kappa shape index (κ1) is 15.8. The number of nitrogens with one attached hydrogen (secondary N) is 2. The van der Waals surface area contributed by atoms with Crippen LogP contribution in [0.5, 0.6) is 0 Å². The summed E-state index contributed by atoms with van der Waals surface area (Å²) >= 11 is 0. The Kier molecular flexibility index (Phi) is 5.59. The Labute approximate surface area is 131 Å². The van der Waals surface area contributed by atoms with Gasteiger partial charge in [-0.15, -0.1) is 12.4 Å². The molecule has 3 rings (SSSR count). The number of amides is 1. The topological polar surface area (TPSA) is 41.1 Å². The molecule has 112 valence electrons. The van der Waals surface area contributed by atoms with Crippen molar-refractivity contribution in [1.82, 2.24) is 10.6 Å². The molecule has 0 aliphatic heterocycles. The molecule has 0 bridgehead atoms. The molecule has 2 aromatic carbocycles. The van der Waals surface area contributed by atoms with E-state index in [9.17, 15) is 4.79 Å². The predicted molar refractivity (Wildman–Crippen MR) is 88.6 cm³/mol. The third kappa shape index (κ3) is 4.73. The van der Waals surface area contributed by atoms with Crippen molar-refractivity contribution in [1.29, 1.82) is 0 Å². The van der Waals surface area contributed by atoms with Crippen LogP contribution in [-0.4, -0.2) is 19.0 Å². The number of hydrogen-bond donors (Lipinski definition) is 2. The Balaban J connectivity index is 0.00000161. The molecular formula is C17H21ClN2O. The largest absolute Gasteiger partial charge is 0.351 e. The summed E-state index contributed by atoms with van der Waals surface area (Å²) in [6.07, 6.45) is 2.62. The number of rotatable bonds is 6. The zero-order chi connectivity index (χ0) is 13.8. The summed E-state index contributed by atoms with van der Waals surface area (Å²) in [5.74, 6) is 0.877. The van der Waals surface area contributed by atoms with Crippen molar-refractivity contribution >= 4 is 29.1 Å². The van der Waals surface area contributed by atoms with Gasteiger partial charge in [0.2, 0.25) is 5.91 Å². The molecular weight excluding hydrogens is 284 g/mol. The van der Waals surface area contributed by atoms with Crippen molar-refractivity contribution in [2.45, 2.75) is 19.4 Å². The maximum Gasteiger partial charge on any atom is 0.234 e. The second-order valence-corrected chi connectivity index (χ2v) is 5.53. The highest BCUT2D eigenvalue weighted by Crippen LogP contribution is 2.27. The highest BCUT2D eigenvalue weighted by molar-refractivity contribution is 5.85. The summed E-state index contributed by atoms with van der Waals surface area (Å²) in [5, 5.41) is 8.60. The van der Waals surface area contributed by atoms with E-state index < -0.39 is 0 Å². The van der Waals surface area contributed by atoms with E-state index in [0.717, 1.165) is 18.0 Å². The predicted octanol–water partition coefficient (Wildman–Crippen LogP) is 2.88. The van der Waals surface area contributed by atoms with E-state index in [1.54, 1.807) is 0 Å². The molecule has 0 aromatic heterocycles.